The SMILES string of the molecule is CCCC(C)(N)C(=O)Nc1ncc(Cc2ccccc2)s1.Cl. The van der Waals surface area contributed by atoms with Gasteiger partial charge >= 0.3 is 0 Å². The molecule has 1 unspecified atom stereocenters. The largest absolute Gasteiger partial charge is 0.318 e. The number of hydrogen-bond acceptors (Lipinski definition) is 4. The summed E-state index contributed by atoms with van der Waals surface area (Å²) in [5.41, 5.74) is 6.40. The Bertz CT molecular complexity index is 598. The van der Waals surface area contributed by atoms with Gasteiger partial charge in [0.1, 0.15) is 0 Å². The van der Waals surface area contributed by atoms with Crippen molar-refractivity contribution in [2.75, 3.05) is 5.32 Å². The van der Waals surface area contributed by atoms with Crippen molar-refractivity contribution in [1.29, 1.82) is 0 Å². The molecule has 1 amide bonds. The molecule has 0 saturated heterocycles. The Labute approximate surface area is 141 Å². The molecule has 0 bridgehead atoms. The molecular formula is C16H22ClN3OS. The Hall–Kier alpha value is -1.43. The van der Waals surface area contributed by atoms with Crippen LogP contribution in [0, 0.1) is 0 Å². The Morgan fingerprint density at radius 2 is 2.05 bits per heavy atom. The molecule has 0 aliphatic carbocycles. The summed E-state index contributed by atoms with van der Waals surface area (Å²) in [4.78, 5) is 17.5. The van der Waals surface area contributed by atoms with Crippen molar-refractivity contribution in [3.8, 4) is 0 Å². The summed E-state index contributed by atoms with van der Waals surface area (Å²) in [6.07, 6.45) is 4.16. The van der Waals surface area contributed by atoms with E-state index in [1.807, 2.05) is 25.1 Å². The highest BCUT2D eigenvalue weighted by Crippen LogP contribution is 2.22. The molecule has 1 heterocycles. The van der Waals surface area contributed by atoms with Gasteiger partial charge in [0.25, 0.3) is 0 Å². The molecule has 0 radical (unpaired) electrons. The molecule has 0 aliphatic rings. The monoisotopic (exact) mass is 339 g/mol. The Morgan fingerprint density at radius 1 is 1.36 bits per heavy atom. The van der Waals surface area contributed by atoms with E-state index in [4.69, 9.17) is 5.73 Å². The Morgan fingerprint density at radius 3 is 2.68 bits per heavy atom. The van der Waals surface area contributed by atoms with E-state index in [-0.39, 0.29) is 18.3 Å². The number of amides is 1. The second kappa shape index (κ2) is 8.27. The van der Waals surface area contributed by atoms with E-state index >= 15 is 0 Å². The van der Waals surface area contributed by atoms with Crippen LogP contribution in [0.15, 0.2) is 36.5 Å². The van der Waals surface area contributed by atoms with Crippen LogP contribution in [0.1, 0.15) is 37.1 Å². The number of nitrogens with zero attached hydrogens (tertiary/aromatic N) is 1. The predicted octanol–water partition coefficient (Wildman–Crippen LogP) is 3.61. The highest BCUT2D eigenvalue weighted by atomic mass is 35.5. The summed E-state index contributed by atoms with van der Waals surface area (Å²) in [5, 5.41) is 3.43. The molecule has 1 atom stereocenters. The lowest BCUT2D eigenvalue weighted by atomic mass is 9.97. The van der Waals surface area contributed by atoms with Gasteiger partial charge in [-0.2, -0.15) is 0 Å². The van der Waals surface area contributed by atoms with Crippen molar-refractivity contribution < 1.29 is 4.79 Å². The van der Waals surface area contributed by atoms with Gasteiger partial charge < -0.3 is 11.1 Å². The first-order valence-corrected chi connectivity index (χ1v) is 7.92. The average Bonchev–Trinajstić information content (AvgIpc) is 2.87. The number of aromatic nitrogens is 1. The van der Waals surface area contributed by atoms with Crippen LogP contribution in [-0.4, -0.2) is 16.4 Å². The van der Waals surface area contributed by atoms with Crippen molar-refractivity contribution in [1.82, 2.24) is 4.98 Å². The third-order valence-electron chi connectivity index (χ3n) is 3.28. The molecular weight excluding hydrogens is 318 g/mol. The van der Waals surface area contributed by atoms with Crippen LogP contribution in [0.2, 0.25) is 0 Å². The number of nitrogens with one attached hydrogen (secondary N) is 1. The zero-order chi connectivity index (χ0) is 15.3. The Balaban J connectivity index is 0.00000242. The summed E-state index contributed by atoms with van der Waals surface area (Å²) in [6.45, 7) is 3.77. The van der Waals surface area contributed by atoms with Crippen LogP contribution in [0.4, 0.5) is 5.13 Å². The molecule has 0 saturated carbocycles. The molecule has 1 aromatic heterocycles. The lowest BCUT2D eigenvalue weighted by Gasteiger charge is -2.21. The zero-order valence-electron chi connectivity index (χ0n) is 12.8. The first-order valence-electron chi connectivity index (χ1n) is 7.10. The third kappa shape index (κ3) is 5.09. The maximum absolute atomic E-state index is 12.1. The van der Waals surface area contributed by atoms with E-state index in [0.717, 1.165) is 17.7 Å². The summed E-state index contributed by atoms with van der Waals surface area (Å²) < 4.78 is 0. The van der Waals surface area contributed by atoms with Gasteiger partial charge in [0.05, 0.1) is 5.54 Å². The molecule has 3 N–H and O–H groups in total. The van der Waals surface area contributed by atoms with Crippen molar-refractivity contribution in [3.05, 3.63) is 47.0 Å². The average molecular weight is 340 g/mol. The maximum atomic E-state index is 12.1. The number of halogens is 1. The van der Waals surface area contributed by atoms with Gasteiger partial charge in [-0.1, -0.05) is 43.7 Å². The van der Waals surface area contributed by atoms with Crippen molar-refractivity contribution in [3.63, 3.8) is 0 Å². The third-order valence-corrected chi connectivity index (χ3v) is 4.20. The van der Waals surface area contributed by atoms with Crippen LogP contribution >= 0.6 is 23.7 Å². The lowest BCUT2D eigenvalue weighted by molar-refractivity contribution is -0.120. The predicted molar refractivity (Wildman–Crippen MR) is 94.7 cm³/mol. The van der Waals surface area contributed by atoms with Crippen LogP contribution in [0.5, 0.6) is 0 Å². The number of hydrogen-bond donors (Lipinski definition) is 2. The highest BCUT2D eigenvalue weighted by molar-refractivity contribution is 7.15. The van der Waals surface area contributed by atoms with Crippen LogP contribution in [0.25, 0.3) is 0 Å². The first kappa shape index (κ1) is 18.6. The van der Waals surface area contributed by atoms with E-state index in [9.17, 15) is 4.79 Å². The van der Waals surface area contributed by atoms with Gasteiger partial charge in [0.2, 0.25) is 5.91 Å². The number of benzene rings is 1. The second-order valence-corrected chi connectivity index (χ2v) is 6.53. The minimum absolute atomic E-state index is 0. The lowest BCUT2D eigenvalue weighted by Crippen LogP contribution is -2.48. The van der Waals surface area contributed by atoms with Gasteiger partial charge in [-0.05, 0) is 18.9 Å². The minimum atomic E-state index is -0.847. The molecule has 1 aromatic carbocycles. The standard InChI is InChI=1S/C16H21N3OS.ClH/c1-3-9-16(2,17)14(20)19-15-18-11-13(21-15)10-12-7-5-4-6-8-12;/h4-8,11H,3,9-10,17H2,1-2H3,(H,18,19,20);1H. The minimum Gasteiger partial charge on any atom is -0.318 e. The van der Waals surface area contributed by atoms with Crippen LogP contribution in [-0.2, 0) is 11.2 Å². The summed E-state index contributed by atoms with van der Waals surface area (Å²) in [5.74, 6) is -0.176. The van der Waals surface area contributed by atoms with Crippen molar-refractivity contribution >= 4 is 34.8 Å². The van der Waals surface area contributed by atoms with E-state index in [2.05, 4.69) is 22.4 Å². The second-order valence-electron chi connectivity index (χ2n) is 5.42. The zero-order valence-corrected chi connectivity index (χ0v) is 14.5. The quantitative estimate of drug-likeness (QED) is 0.844. The van der Waals surface area contributed by atoms with Crippen LogP contribution < -0.4 is 11.1 Å². The maximum Gasteiger partial charge on any atom is 0.245 e. The molecule has 0 fully saturated rings. The van der Waals surface area contributed by atoms with Gasteiger partial charge in [-0.25, -0.2) is 4.98 Å². The van der Waals surface area contributed by atoms with Crippen molar-refractivity contribution in [2.45, 2.75) is 38.6 Å². The summed E-state index contributed by atoms with van der Waals surface area (Å²) in [6, 6.07) is 10.2. The fourth-order valence-corrected chi connectivity index (χ4v) is 2.96. The van der Waals surface area contributed by atoms with E-state index in [0.29, 0.717) is 11.6 Å². The number of carbonyl (C=O) groups is 1. The summed E-state index contributed by atoms with van der Waals surface area (Å²) >= 11 is 1.49. The summed E-state index contributed by atoms with van der Waals surface area (Å²) in [7, 11) is 0. The number of anilines is 1. The molecule has 6 heteroatoms. The topological polar surface area (TPSA) is 68.0 Å². The van der Waals surface area contributed by atoms with E-state index in [1.54, 1.807) is 13.1 Å². The van der Waals surface area contributed by atoms with Gasteiger partial charge in [0, 0.05) is 17.5 Å². The van der Waals surface area contributed by atoms with Crippen LogP contribution in [0.3, 0.4) is 0 Å². The number of carbonyl (C=O) groups excluding carboxylic acids is 1. The number of thiazole rings is 1. The molecule has 22 heavy (non-hydrogen) atoms. The molecule has 2 rings (SSSR count). The molecule has 0 spiro atoms. The van der Waals surface area contributed by atoms with Gasteiger partial charge in [0.15, 0.2) is 5.13 Å². The number of rotatable bonds is 6. The van der Waals surface area contributed by atoms with Gasteiger partial charge in [-0.3, -0.25) is 4.79 Å². The van der Waals surface area contributed by atoms with E-state index < -0.39 is 5.54 Å². The normalized spacial score (nSPS) is 13.0. The number of nitrogens with two attached hydrogens (primary N) is 1. The smallest absolute Gasteiger partial charge is 0.245 e. The first-order chi connectivity index (χ1) is 10.0. The highest BCUT2D eigenvalue weighted by Gasteiger charge is 2.27. The van der Waals surface area contributed by atoms with Crippen molar-refractivity contribution in [2.24, 2.45) is 5.73 Å². The van der Waals surface area contributed by atoms with E-state index in [1.165, 1.54) is 16.9 Å². The molecule has 0 aliphatic heterocycles. The molecule has 120 valence electrons. The fraction of sp³-hybridized carbons (Fsp3) is 0.375. The molecule has 2 aromatic rings. The fourth-order valence-electron chi connectivity index (χ4n) is 2.12. The molecule has 4 nitrogen and oxygen atoms in total. The van der Waals surface area contributed by atoms with Gasteiger partial charge in [-0.15, -0.1) is 23.7 Å². The Kier molecular flexibility index (Phi) is 7.00.